The molecule has 0 atom stereocenters. The Morgan fingerprint density at radius 1 is 1.23 bits per heavy atom. The molecule has 0 bridgehead atoms. The number of hydrogen-bond acceptors (Lipinski definition) is 4. The number of methoxy groups -OCH3 is 1. The number of H-pyrrole nitrogens is 1. The molecule has 1 amide bonds. The van der Waals surface area contributed by atoms with Crippen molar-refractivity contribution in [3.63, 3.8) is 0 Å². The minimum Gasteiger partial charge on any atom is -0.497 e. The van der Waals surface area contributed by atoms with Gasteiger partial charge in [-0.3, -0.25) is 9.59 Å². The van der Waals surface area contributed by atoms with Crippen molar-refractivity contribution in [1.82, 2.24) is 15.2 Å². The van der Waals surface area contributed by atoms with Crippen molar-refractivity contribution in [2.24, 2.45) is 0 Å². The van der Waals surface area contributed by atoms with Crippen LogP contribution in [0.25, 0.3) is 10.9 Å². The highest BCUT2D eigenvalue weighted by atomic mass is 16.5. The second-order valence-corrected chi connectivity index (χ2v) is 6.83. The Bertz CT molecular complexity index is 810. The molecule has 0 saturated carbocycles. The van der Waals surface area contributed by atoms with Crippen molar-refractivity contribution in [2.75, 3.05) is 33.3 Å². The summed E-state index contributed by atoms with van der Waals surface area (Å²) in [6.07, 6.45) is 4.57. The quantitative estimate of drug-likeness (QED) is 0.796. The summed E-state index contributed by atoms with van der Waals surface area (Å²) >= 11 is 0. The van der Waals surface area contributed by atoms with E-state index in [2.05, 4.69) is 15.2 Å². The lowest BCUT2D eigenvalue weighted by Gasteiger charge is -2.26. The number of amides is 1. The second kappa shape index (κ2) is 8.85. The van der Waals surface area contributed by atoms with Gasteiger partial charge >= 0.3 is 0 Å². The number of fused-ring (bicyclic) bond motifs is 1. The number of likely N-dealkylation sites (tertiary alicyclic amines) is 1. The van der Waals surface area contributed by atoms with Gasteiger partial charge in [0, 0.05) is 36.0 Å². The van der Waals surface area contributed by atoms with E-state index in [1.54, 1.807) is 7.11 Å². The molecular formula is C20H27N3O3. The number of ether oxygens (including phenoxy) is 1. The van der Waals surface area contributed by atoms with Crippen molar-refractivity contribution >= 4 is 16.8 Å². The molecule has 1 aliphatic rings. The number of pyridine rings is 1. The minimum absolute atomic E-state index is 0.00727. The van der Waals surface area contributed by atoms with E-state index in [0.717, 1.165) is 36.3 Å². The summed E-state index contributed by atoms with van der Waals surface area (Å²) in [5.41, 5.74) is 1.26. The SMILES string of the molecule is COc1ccc2[nH]c(=O)c(CCC(=O)NCCN3CCCCC3)cc2c1. The van der Waals surface area contributed by atoms with Crippen LogP contribution in [-0.4, -0.2) is 49.1 Å². The van der Waals surface area contributed by atoms with Gasteiger partial charge in [-0.2, -0.15) is 0 Å². The molecule has 6 nitrogen and oxygen atoms in total. The zero-order valence-electron chi connectivity index (χ0n) is 15.3. The number of benzene rings is 1. The van der Waals surface area contributed by atoms with Gasteiger partial charge in [0.2, 0.25) is 5.91 Å². The normalized spacial score (nSPS) is 15.1. The van der Waals surface area contributed by atoms with E-state index in [-0.39, 0.29) is 11.5 Å². The highest BCUT2D eigenvalue weighted by Crippen LogP contribution is 2.19. The lowest BCUT2D eigenvalue weighted by Crippen LogP contribution is -2.37. The maximum atomic E-state index is 12.2. The Labute approximate surface area is 153 Å². The summed E-state index contributed by atoms with van der Waals surface area (Å²) in [7, 11) is 1.61. The average molecular weight is 357 g/mol. The molecule has 140 valence electrons. The largest absolute Gasteiger partial charge is 0.497 e. The summed E-state index contributed by atoms with van der Waals surface area (Å²) in [4.78, 5) is 29.5. The van der Waals surface area contributed by atoms with Crippen molar-refractivity contribution in [2.45, 2.75) is 32.1 Å². The van der Waals surface area contributed by atoms with Crippen molar-refractivity contribution in [1.29, 1.82) is 0 Å². The molecule has 1 aromatic carbocycles. The van der Waals surface area contributed by atoms with Crippen LogP contribution in [0.3, 0.4) is 0 Å². The molecular weight excluding hydrogens is 330 g/mol. The number of aryl methyl sites for hydroxylation is 1. The molecule has 1 fully saturated rings. The molecule has 2 N–H and O–H groups in total. The lowest BCUT2D eigenvalue weighted by molar-refractivity contribution is -0.121. The maximum Gasteiger partial charge on any atom is 0.251 e. The van der Waals surface area contributed by atoms with Crippen molar-refractivity contribution in [3.8, 4) is 5.75 Å². The first-order valence-corrected chi connectivity index (χ1v) is 9.35. The van der Waals surface area contributed by atoms with Crippen LogP contribution in [0.1, 0.15) is 31.2 Å². The molecule has 2 aromatic rings. The number of aromatic nitrogens is 1. The van der Waals surface area contributed by atoms with Crippen LogP contribution in [0.15, 0.2) is 29.1 Å². The Hall–Kier alpha value is -2.34. The maximum absolute atomic E-state index is 12.2. The first kappa shape index (κ1) is 18.5. The Kier molecular flexibility index (Phi) is 6.28. The molecule has 6 heteroatoms. The second-order valence-electron chi connectivity index (χ2n) is 6.83. The Morgan fingerprint density at radius 2 is 2.04 bits per heavy atom. The standard InChI is InChI=1S/C20H27N3O3/c1-26-17-6-7-18-16(14-17)13-15(20(25)22-18)5-8-19(24)21-9-12-23-10-3-2-4-11-23/h6-7,13-14H,2-5,8-12H2,1H3,(H,21,24)(H,22,25). The third-order valence-electron chi connectivity index (χ3n) is 4.95. The number of carbonyl (C=O) groups is 1. The van der Waals surface area contributed by atoms with E-state index in [0.29, 0.717) is 24.9 Å². The number of nitrogens with zero attached hydrogens (tertiary/aromatic N) is 1. The molecule has 26 heavy (non-hydrogen) atoms. The first-order chi connectivity index (χ1) is 12.7. The van der Waals surface area contributed by atoms with Gasteiger partial charge in [-0.1, -0.05) is 6.42 Å². The average Bonchev–Trinajstić information content (AvgIpc) is 2.67. The fraction of sp³-hybridized carbons (Fsp3) is 0.500. The van der Waals surface area contributed by atoms with E-state index in [1.807, 2.05) is 24.3 Å². The molecule has 1 aromatic heterocycles. The molecule has 0 spiro atoms. The number of nitrogens with one attached hydrogen (secondary N) is 2. The molecule has 0 aliphatic carbocycles. The summed E-state index contributed by atoms with van der Waals surface area (Å²) in [5, 5.41) is 3.87. The van der Waals surface area contributed by atoms with E-state index < -0.39 is 0 Å². The summed E-state index contributed by atoms with van der Waals surface area (Å²) in [5.74, 6) is 0.734. The van der Waals surface area contributed by atoms with Crippen LogP contribution in [0.5, 0.6) is 5.75 Å². The molecule has 3 rings (SSSR count). The van der Waals surface area contributed by atoms with Gasteiger partial charge in [0.15, 0.2) is 0 Å². The number of hydrogen-bond donors (Lipinski definition) is 2. The first-order valence-electron chi connectivity index (χ1n) is 9.35. The van der Waals surface area contributed by atoms with Crippen molar-refractivity contribution < 1.29 is 9.53 Å². The van der Waals surface area contributed by atoms with Gasteiger partial charge in [0.05, 0.1) is 7.11 Å². The Balaban J connectivity index is 1.52. The van der Waals surface area contributed by atoms with Gasteiger partial charge < -0.3 is 19.9 Å². The lowest BCUT2D eigenvalue weighted by atomic mass is 10.1. The molecule has 1 aliphatic heterocycles. The molecule has 0 unspecified atom stereocenters. The fourth-order valence-electron chi connectivity index (χ4n) is 3.42. The van der Waals surface area contributed by atoms with Crippen LogP contribution < -0.4 is 15.6 Å². The van der Waals surface area contributed by atoms with Crippen molar-refractivity contribution in [3.05, 3.63) is 40.2 Å². The fourth-order valence-corrected chi connectivity index (χ4v) is 3.42. The number of piperidine rings is 1. The van der Waals surface area contributed by atoms with Crippen LogP contribution in [0.4, 0.5) is 0 Å². The number of rotatable bonds is 7. The summed E-state index contributed by atoms with van der Waals surface area (Å²) in [6.45, 7) is 3.84. The Morgan fingerprint density at radius 3 is 2.81 bits per heavy atom. The topological polar surface area (TPSA) is 74.4 Å². The molecule has 0 radical (unpaired) electrons. The molecule has 2 heterocycles. The molecule has 1 saturated heterocycles. The predicted octanol–water partition coefficient (Wildman–Crippen LogP) is 2.07. The van der Waals surface area contributed by atoms with Gasteiger partial charge in [-0.05, 0) is 56.6 Å². The smallest absolute Gasteiger partial charge is 0.251 e. The van der Waals surface area contributed by atoms with Gasteiger partial charge in [-0.15, -0.1) is 0 Å². The predicted molar refractivity (Wildman–Crippen MR) is 103 cm³/mol. The van der Waals surface area contributed by atoms with Gasteiger partial charge in [-0.25, -0.2) is 0 Å². The van der Waals surface area contributed by atoms with Gasteiger partial charge in [0.1, 0.15) is 5.75 Å². The van der Waals surface area contributed by atoms with Crippen LogP contribution in [-0.2, 0) is 11.2 Å². The number of aromatic amines is 1. The summed E-state index contributed by atoms with van der Waals surface area (Å²) in [6, 6.07) is 7.37. The monoisotopic (exact) mass is 357 g/mol. The van der Waals surface area contributed by atoms with Crippen LogP contribution in [0.2, 0.25) is 0 Å². The zero-order chi connectivity index (χ0) is 18.4. The van der Waals surface area contributed by atoms with Crippen LogP contribution in [0, 0.1) is 0 Å². The van der Waals surface area contributed by atoms with Gasteiger partial charge in [0.25, 0.3) is 5.56 Å². The van der Waals surface area contributed by atoms with E-state index in [4.69, 9.17) is 4.74 Å². The third-order valence-corrected chi connectivity index (χ3v) is 4.95. The minimum atomic E-state index is -0.135. The van der Waals surface area contributed by atoms with Crippen LogP contribution >= 0.6 is 0 Å². The highest BCUT2D eigenvalue weighted by Gasteiger charge is 2.11. The van der Waals surface area contributed by atoms with E-state index >= 15 is 0 Å². The van der Waals surface area contributed by atoms with E-state index in [1.165, 1.54) is 19.3 Å². The number of carbonyl (C=O) groups excluding carboxylic acids is 1. The summed E-state index contributed by atoms with van der Waals surface area (Å²) < 4.78 is 5.22. The van der Waals surface area contributed by atoms with E-state index in [9.17, 15) is 9.59 Å². The highest BCUT2D eigenvalue weighted by molar-refractivity contribution is 5.81. The zero-order valence-corrected chi connectivity index (χ0v) is 15.3. The third kappa shape index (κ3) is 4.85.